The lowest BCUT2D eigenvalue weighted by Crippen LogP contribution is -2.21. The third-order valence-electron chi connectivity index (χ3n) is 3.07. The average Bonchev–Trinajstić information content (AvgIpc) is 2.87. The van der Waals surface area contributed by atoms with E-state index < -0.39 is 17.8 Å². The molecule has 0 radical (unpaired) electrons. The van der Waals surface area contributed by atoms with Crippen LogP contribution in [0.5, 0.6) is 0 Å². The highest BCUT2D eigenvalue weighted by atomic mass is 19.4. The molecule has 0 atom stereocenters. The molecule has 0 aromatic carbocycles. The van der Waals surface area contributed by atoms with Gasteiger partial charge in [0.15, 0.2) is 5.69 Å². The van der Waals surface area contributed by atoms with E-state index in [0.29, 0.717) is 5.69 Å². The number of amides is 1. The summed E-state index contributed by atoms with van der Waals surface area (Å²) in [5.74, 6) is -0.467. The molecule has 1 amide bonds. The van der Waals surface area contributed by atoms with E-state index in [1.807, 2.05) is 0 Å². The minimum Gasteiger partial charge on any atom is -0.322 e. The zero-order chi connectivity index (χ0) is 15.8. The first-order chi connectivity index (χ1) is 9.68. The molecule has 0 unspecified atom stereocenters. The molecule has 1 N–H and O–H groups in total. The van der Waals surface area contributed by atoms with Crippen LogP contribution in [0.3, 0.4) is 0 Å². The highest BCUT2D eigenvalue weighted by Crippen LogP contribution is 2.28. The Bertz CT molecular complexity index is 671. The number of rotatable bonds is 3. The third-order valence-corrected chi connectivity index (χ3v) is 3.07. The fourth-order valence-corrected chi connectivity index (χ4v) is 1.76. The highest BCUT2D eigenvalue weighted by Gasteiger charge is 2.34. The van der Waals surface area contributed by atoms with Gasteiger partial charge in [-0.3, -0.25) is 14.2 Å². The number of anilines is 1. The number of alkyl halides is 3. The lowest BCUT2D eigenvalue weighted by atomic mass is 10.3. The molecule has 0 bridgehead atoms. The molecule has 0 aliphatic heterocycles. The minimum atomic E-state index is -4.52. The topological polar surface area (TPSA) is 64.7 Å². The van der Waals surface area contributed by atoms with Gasteiger partial charge in [-0.05, 0) is 19.9 Å². The summed E-state index contributed by atoms with van der Waals surface area (Å²) in [4.78, 5) is 11.9. The van der Waals surface area contributed by atoms with Gasteiger partial charge in [0, 0.05) is 12.7 Å². The number of halogens is 3. The number of nitrogens with one attached hydrogen (secondary N) is 1. The molecule has 0 spiro atoms. The number of hydrogen-bond donors (Lipinski definition) is 1. The van der Waals surface area contributed by atoms with Gasteiger partial charge < -0.3 is 5.32 Å². The van der Waals surface area contributed by atoms with E-state index in [4.69, 9.17) is 0 Å². The Labute approximate surface area is 118 Å². The summed E-state index contributed by atoms with van der Waals surface area (Å²) in [5.41, 5.74) is 0.519. The molecular formula is C12H14F3N5O. The molecule has 114 valence electrons. The molecule has 0 saturated heterocycles. The second-order valence-electron chi connectivity index (χ2n) is 4.64. The third kappa shape index (κ3) is 3.23. The van der Waals surface area contributed by atoms with E-state index >= 15 is 0 Å². The van der Waals surface area contributed by atoms with Gasteiger partial charge in [0.1, 0.15) is 6.54 Å². The maximum absolute atomic E-state index is 12.5. The summed E-state index contributed by atoms with van der Waals surface area (Å²) >= 11 is 0. The van der Waals surface area contributed by atoms with Crippen molar-refractivity contribution in [1.82, 2.24) is 19.6 Å². The van der Waals surface area contributed by atoms with Crippen LogP contribution in [0.25, 0.3) is 0 Å². The summed E-state index contributed by atoms with van der Waals surface area (Å²) in [5, 5.41) is 9.95. The van der Waals surface area contributed by atoms with Crippen LogP contribution in [-0.4, -0.2) is 25.5 Å². The first kappa shape index (κ1) is 15.1. The Kier molecular flexibility index (Phi) is 3.75. The Morgan fingerprint density at radius 3 is 2.52 bits per heavy atom. The van der Waals surface area contributed by atoms with E-state index in [1.54, 1.807) is 18.7 Å². The van der Waals surface area contributed by atoms with Gasteiger partial charge in [-0.25, -0.2) is 0 Å². The molecule has 0 fully saturated rings. The van der Waals surface area contributed by atoms with E-state index in [0.717, 1.165) is 16.4 Å². The summed E-state index contributed by atoms with van der Waals surface area (Å²) in [6, 6.07) is 0.905. The molecule has 9 heteroatoms. The fraction of sp³-hybridized carbons (Fsp3) is 0.417. The largest absolute Gasteiger partial charge is 0.435 e. The van der Waals surface area contributed by atoms with Gasteiger partial charge in [0.05, 0.1) is 17.6 Å². The van der Waals surface area contributed by atoms with Gasteiger partial charge in [0.2, 0.25) is 5.91 Å². The lowest BCUT2D eigenvalue weighted by Gasteiger charge is -2.06. The summed E-state index contributed by atoms with van der Waals surface area (Å²) in [7, 11) is 1.72. The first-order valence-electron chi connectivity index (χ1n) is 6.08. The van der Waals surface area contributed by atoms with Crippen molar-refractivity contribution in [2.45, 2.75) is 26.6 Å². The standard InChI is InChI=1S/C12H14F3N5O/c1-7-4-10(12(13,14)15)18-20(7)6-11(21)17-9-5-16-19(3)8(9)2/h4-5H,6H2,1-3H3,(H,17,21). The quantitative estimate of drug-likeness (QED) is 0.941. The zero-order valence-electron chi connectivity index (χ0n) is 11.7. The van der Waals surface area contributed by atoms with Crippen LogP contribution in [0, 0.1) is 13.8 Å². The monoisotopic (exact) mass is 301 g/mol. The number of carbonyl (C=O) groups excluding carboxylic acids is 1. The SMILES string of the molecule is Cc1c(NC(=O)Cn2nc(C(F)(F)F)cc2C)cnn1C. The minimum absolute atomic E-state index is 0.264. The molecule has 2 aromatic rings. The number of hydrogen-bond acceptors (Lipinski definition) is 3. The van der Waals surface area contributed by atoms with Crippen LogP contribution in [0.4, 0.5) is 18.9 Å². The number of carbonyl (C=O) groups is 1. The number of aromatic nitrogens is 4. The van der Waals surface area contributed by atoms with Gasteiger partial charge in [-0.2, -0.15) is 23.4 Å². The molecule has 2 heterocycles. The molecular weight excluding hydrogens is 287 g/mol. The molecule has 2 aromatic heterocycles. The Morgan fingerprint density at radius 1 is 1.38 bits per heavy atom. The van der Waals surface area contributed by atoms with Crippen LogP contribution in [0.2, 0.25) is 0 Å². The van der Waals surface area contributed by atoms with E-state index in [1.165, 1.54) is 13.1 Å². The average molecular weight is 301 g/mol. The predicted octanol–water partition coefficient (Wildman–Crippen LogP) is 1.89. The highest BCUT2D eigenvalue weighted by molar-refractivity contribution is 5.90. The van der Waals surface area contributed by atoms with Crippen LogP contribution >= 0.6 is 0 Å². The van der Waals surface area contributed by atoms with Crippen molar-refractivity contribution in [3.63, 3.8) is 0 Å². The Morgan fingerprint density at radius 2 is 2.05 bits per heavy atom. The normalized spacial score (nSPS) is 11.7. The number of aryl methyl sites for hydroxylation is 2. The Balaban J connectivity index is 2.10. The molecule has 21 heavy (non-hydrogen) atoms. The summed E-state index contributed by atoms with van der Waals surface area (Å²) in [6.07, 6.45) is -3.04. The molecule has 6 nitrogen and oxygen atoms in total. The lowest BCUT2D eigenvalue weighted by molar-refractivity contribution is -0.141. The fourth-order valence-electron chi connectivity index (χ4n) is 1.76. The van der Waals surface area contributed by atoms with Crippen molar-refractivity contribution >= 4 is 11.6 Å². The van der Waals surface area contributed by atoms with Gasteiger partial charge in [0.25, 0.3) is 0 Å². The summed E-state index contributed by atoms with van der Waals surface area (Å²) < 4.78 is 40.2. The predicted molar refractivity (Wildman–Crippen MR) is 68.5 cm³/mol. The number of nitrogens with zero attached hydrogens (tertiary/aromatic N) is 4. The van der Waals surface area contributed by atoms with Crippen LogP contribution in [0.1, 0.15) is 17.1 Å². The van der Waals surface area contributed by atoms with E-state index in [9.17, 15) is 18.0 Å². The van der Waals surface area contributed by atoms with Crippen LogP contribution < -0.4 is 5.32 Å². The Hall–Kier alpha value is -2.32. The second-order valence-corrected chi connectivity index (χ2v) is 4.64. The van der Waals surface area contributed by atoms with Crippen molar-refractivity contribution in [3.8, 4) is 0 Å². The van der Waals surface area contributed by atoms with Crippen molar-refractivity contribution in [2.24, 2.45) is 7.05 Å². The maximum Gasteiger partial charge on any atom is 0.435 e. The van der Waals surface area contributed by atoms with E-state index in [2.05, 4.69) is 15.5 Å². The zero-order valence-corrected chi connectivity index (χ0v) is 11.7. The first-order valence-corrected chi connectivity index (χ1v) is 6.08. The summed E-state index contributed by atoms with van der Waals surface area (Å²) in [6.45, 7) is 2.94. The van der Waals surface area contributed by atoms with E-state index in [-0.39, 0.29) is 12.2 Å². The van der Waals surface area contributed by atoms with Crippen molar-refractivity contribution in [3.05, 3.63) is 29.3 Å². The molecule has 2 rings (SSSR count). The van der Waals surface area contributed by atoms with Gasteiger partial charge in [-0.1, -0.05) is 0 Å². The molecule has 0 saturated carbocycles. The smallest absolute Gasteiger partial charge is 0.322 e. The molecule has 0 aliphatic carbocycles. The van der Waals surface area contributed by atoms with Crippen LogP contribution in [0.15, 0.2) is 12.3 Å². The second kappa shape index (κ2) is 5.23. The molecule has 0 aliphatic rings. The van der Waals surface area contributed by atoms with Crippen LogP contribution in [-0.2, 0) is 24.6 Å². The van der Waals surface area contributed by atoms with Crippen molar-refractivity contribution in [2.75, 3.05) is 5.32 Å². The van der Waals surface area contributed by atoms with Crippen molar-refractivity contribution in [1.29, 1.82) is 0 Å². The maximum atomic E-state index is 12.5. The van der Waals surface area contributed by atoms with Crippen molar-refractivity contribution < 1.29 is 18.0 Å². The van der Waals surface area contributed by atoms with Gasteiger partial charge >= 0.3 is 6.18 Å². The van der Waals surface area contributed by atoms with Gasteiger partial charge in [-0.15, -0.1) is 0 Å².